The van der Waals surface area contributed by atoms with Gasteiger partial charge in [-0.1, -0.05) is 11.6 Å². The van der Waals surface area contributed by atoms with Gasteiger partial charge in [0.15, 0.2) is 0 Å². The van der Waals surface area contributed by atoms with Crippen molar-refractivity contribution in [2.45, 2.75) is 18.9 Å². The molecule has 1 rings (SSSR count). The largest absolute Gasteiger partial charge is 0.385 e. The Kier molecular flexibility index (Phi) is 3.12. The van der Waals surface area contributed by atoms with Gasteiger partial charge in [0.25, 0.3) is 0 Å². The lowest BCUT2D eigenvalue weighted by Crippen LogP contribution is -2.23. The molecule has 0 amide bonds. The van der Waals surface area contributed by atoms with E-state index in [-0.39, 0.29) is 0 Å². The third kappa shape index (κ3) is 2.20. The summed E-state index contributed by atoms with van der Waals surface area (Å²) in [5, 5.41) is 9.87. The van der Waals surface area contributed by atoms with Crippen molar-refractivity contribution in [1.29, 1.82) is 0 Å². The highest BCUT2D eigenvalue weighted by Gasteiger charge is 2.23. The van der Waals surface area contributed by atoms with E-state index in [1.54, 1.807) is 13.0 Å². The first kappa shape index (κ1) is 9.99. The number of nitrogens with two attached hydrogens (primary N) is 1. The lowest BCUT2D eigenvalue weighted by atomic mass is 10.0. The molecule has 68 valence electrons. The zero-order valence-corrected chi connectivity index (χ0v) is 8.45. The maximum atomic E-state index is 9.87. The fourth-order valence-corrected chi connectivity index (χ4v) is 2.12. The molecule has 1 unspecified atom stereocenters. The molecule has 0 spiro atoms. The molecular weight excluding hydrogens is 194 g/mol. The van der Waals surface area contributed by atoms with Crippen LogP contribution in [0.1, 0.15) is 18.2 Å². The summed E-state index contributed by atoms with van der Waals surface area (Å²) < 4.78 is 0.697. The van der Waals surface area contributed by atoms with Crippen molar-refractivity contribution in [2.75, 3.05) is 6.54 Å². The Morgan fingerprint density at radius 3 is 2.75 bits per heavy atom. The third-order valence-corrected chi connectivity index (χ3v) is 3.22. The van der Waals surface area contributed by atoms with Crippen molar-refractivity contribution in [2.24, 2.45) is 5.73 Å². The van der Waals surface area contributed by atoms with E-state index in [9.17, 15) is 5.11 Å². The average molecular weight is 206 g/mol. The zero-order chi connectivity index (χ0) is 9.19. The lowest BCUT2D eigenvalue weighted by Gasteiger charge is -2.20. The minimum Gasteiger partial charge on any atom is -0.385 e. The van der Waals surface area contributed by atoms with Crippen LogP contribution in [-0.4, -0.2) is 11.7 Å². The molecule has 4 heteroatoms. The van der Waals surface area contributed by atoms with E-state index in [4.69, 9.17) is 17.3 Å². The van der Waals surface area contributed by atoms with E-state index in [0.717, 1.165) is 4.88 Å². The van der Waals surface area contributed by atoms with Gasteiger partial charge in [0.2, 0.25) is 0 Å². The third-order valence-electron chi connectivity index (χ3n) is 1.74. The van der Waals surface area contributed by atoms with Gasteiger partial charge in [-0.05, 0) is 32.0 Å². The van der Waals surface area contributed by atoms with Crippen LogP contribution in [0.15, 0.2) is 12.1 Å². The van der Waals surface area contributed by atoms with Crippen LogP contribution in [0.3, 0.4) is 0 Å². The summed E-state index contributed by atoms with van der Waals surface area (Å²) in [6, 6.07) is 3.62. The van der Waals surface area contributed by atoms with Gasteiger partial charge >= 0.3 is 0 Å². The quantitative estimate of drug-likeness (QED) is 0.793. The normalized spacial score (nSPS) is 16.0. The van der Waals surface area contributed by atoms with Gasteiger partial charge < -0.3 is 10.8 Å². The van der Waals surface area contributed by atoms with Crippen LogP contribution < -0.4 is 5.73 Å². The topological polar surface area (TPSA) is 46.2 Å². The molecule has 1 atom stereocenters. The minimum absolute atomic E-state index is 0.475. The molecule has 12 heavy (non-hydrogen) atoms. The van der Waals surface area contributed by atoms with Crippen molar-refractivity contribution >= 4 is 22.9 Å². The molecule has 1 heterocycles. The van der Waals surface area contributed by atoms with Gasteiger partial charge in [0.05, 0.1) is 9.94 Å². The molecule has 0 fully saturated rings. The molecule has 1 aromatic heterocycles. The number of halogens is 1. The first-order chi connectivity index (χ1) is 5.56. The SMILES string of the molecule is CC(O)(CCN)c1ccc(Cl)s1. The second-order valence-electron chi connectivity index (χ2n) is 2.92. The van der Waals surface area contributed by atoms with Crippen molar-refractivity contribution < 1.29 is 5.11 Å². The highest BCUT2D eigenvalue weighted by atomic mass is 35.5. The molecule has 0 bridgehead atoms. The summed E-state index contributed by atoms with van der Waals surface area (Å²) in [6.45, 7) is 2.23. The van der Waals surface area contributed by atoms with Crippen LogP contribution in [0.2, 0.25) is 4.34 Å². The standard InChI is InChI=1S/C8H12ClNOS/c1-8(11,4-5-10)6-2-3-7(9)12-6/h2-3,11H,4-5,10H2,1H3. The van der Waals surface area contributed by atoms with E-state index >= 15 is 0 Å². The Hall–Kier alpha value is -0.0900. The Morgan fingerprint density at radius 2 is 2.33 bits per heavy atom. The Labute approximate surface area is 81.0 Å². The number of thiophene rings is 1. The first-order valence-corrected chi connectivity index (χ1v) is 4.94. The van der Waals surface area contributed by atoms with Crippen molar-refractivity contribution in [1.82, 2.24) is 0 Å². The average Bonchev–Trinajstić information content (AvgIpc) is 2.36. The zero-order valence-electron chi connectivity index (χ0n) is 6.88. The summed E-state index contributed by atoms with van der Waals surface area (Å²) >= 11 is 7.14. The van der Waals surface area contributed by atoms with E-state index in [1.165, 1.54) is 11.3 Å². The van der Waals surface area contributed by atoms with Gasteiger partial charge in [-0.25, -0.2) is 0 Å². The Balaban J connectivity index is 2.81. The van der Waals surface area contributed by atoms with Gasteiger partial charge in [0, 0.05) is 4.88 Å². The van der Waals surface area contributed by atoms with E-state index < -0.39 is 5.60 Å². The second-order valence-corrected chi connectivity index (χ2v) is 4.63. The van der Waals surface area contributed by atoms with Crippen molar-refractivity contribution in [3.63, 3.8) is 0 Å². The molecule has 0 saturated heterocycles. The van der Waals surface area contributed by atoms with Crippen LogP contribution in [0.5, 0.6) is 0 Å². The molecule has 0 aliphatic carbocycles. The summed E-state index contributed by atoms with van der Waals surface area (Å²) in [6.07, 6.45) is 0.559. The lowest BCUT2D eigenvalue weighted by molar-refractivity contribution is 0.0542. The predicted molar refractivity (Wildman–Crippen MR) is 52.6 cm³/mol. The molecule has 2 nitrogen and oxygen atoms in total. The Bertz CT molecular complexity index is 259. The van der Waals surface area contributed by atoms with Crippen LogP contribution in [0, 0.1) is 0 Å². The molecule has 0 saturated carbocycles. The van der Waals surface area contributed by atoms with Gasteiger partial charge in [-0.3, -0.25) is 0 Å². The number of aliphatic hydroxyl groups is 1. The van der Waals surface area contributed by atoms with Crippen LogP contribution in [-0.2, 0) is 5.60 Å². The van der Waals surface area contributed by atoms with Crippen molar-refractivity contribution in [3.05, 3.63) is 21.3 Å². The summed E-state index contributed by atoms with van der Waals surface area (Å²) in [5.74, 6) is 0. The van der Waals surface area contributed by atoms with E-state index in [2.05, 4.69) is 0 Å². The maximum Gasteiger partial charge on any atom is 0.0972 e. The van der Waals surface area contributed by atoms with E-state index in [0.29, 0.717) is 17.3 Å². The van der Waals surface area contributed by atoms with Gasteiger partial charge in [-0.2, -0.15) is 0 Å². The van der Waals surface area contributed by atoms with Crippen LogP contribution in [0.4, 0.5) is 0 Å². The number of hydrogen-bond acceptors (Lipinski definition) is 3. The molecular formula is C8H12ClNOS. The molecule has 3 N–H and O–H groups in total. The predicted octanol–water partition coefficient (Wildman–Crippen LogP) is 1.96. The number of rotatable bonds is 3. The molecule has 1 aromatic rings. The monoisotopic (exact) mass is 205 g/mol. The van der Waals surface area contributed by atoms with Gasteiger partial charge in [0.1, 0.15) is 0 Å². The summed E-state index contributed by atoms with van der Waals surface area (Å²) in [5.41, 5.74) is 4.54. The van der Waals surface area contributed by atoms with E-state index in [1.807, 2.05) is 6.07 Å². The van der Waals surface area contributed by atoms with Crippen LogP contribution in [0.25, 0.3) is 0 Å². The molecule has 0 aromatic carbocycles. The fraction of sp³-hybridized carbons (Fsp3) is 0.500. The van der Waals surface area contributed by atoms with Gasteiger partial charge in [-0.15, -0.1) is 11.3 Å². The molecule has 0 aliphatic rings. The maximum absolute atomic E-state index is 9.87. The first-order valence-electron chi connectivity index (χ1n) is 3.74. The summed E-state index contributed by atoms with van der Waals surface area (Å²) in [4.78, 5) is 0.873. The Morgan fingerprint density at radius 1 is 1.67 bits per heavy atom. The fourth-order valence-electron chi connectivity index (χ4n) is 1.01. The highest BCUT2D eigenvalue weighted by molar-refractivity contribution is 7.16. The molecule has 0 aliphatic heterocycles. The highest BCUT2D eigenvalue weighted by Crippen LogP contribution is 2.32. The minimum atomic E-state index is -0.827. The number of hydrogen-bond donors (Lipinski definition) is 2. The molecule has 0 radical (unpaired) electrons. The van der Waals surface area contributed by atoms with Crippen LogP contribution >= 0.6 is 22.9 Å². The smallest absolute Gasteiger partial charge is 0.0972 e. The second kappa shape index (κ2) is 3.75. The van der Waals surface area contributed by atoms with Crippen molar-refractivity contribution in [3.8, 4) is 0 Å². The summed E-state index contributed by atoms with van der Waals surface area (Å²) in [7, 11) is 0.